The molecule has 0 N–H and O–H groups in total. The van der Waals surface area contributed by atoms with Gasteiger partial charge in [-0.25, -0.2) is 0 Å². The standard InChI is InChI=1S/C16H10Cl5NO5/c1-8(15(18)23)26-14-7-10(3-4-12(14)22(24)25)27-13-5-2-9(6-11(13)17)16(19,20)21/h2-8H,1H3. The van der Waals surface area contributed by atoms with Gasteiger partial charge in [0, 0.05) is 17.7 Å². The second kappa shape index (κ2) is 8.71. The molecule has 144 valence electrons. The first-order chi connectivity index (χ1) is 12.5. The molecule has 0 saturated carbocycles. The van der Waals surface area contributed by atoms with Crippen molar-refractivity contribution in [2.45, 2.75) is 16.8 Å². The number of hydrogen-bond acceptors (Lipinski definition) is 5. The van der Waals surface area contributed by atoms with Gasteiger partial charge in [-0.2, -0.15) is 0 Å². The fourth-order valence-corrected chi connectivity index (χ4v) is 2.54. The summed E-state index contributed by atoms with van der Waals surface area (Å²) in [5, 5.41) is 10.5. The second-order valence-corrected chi connectivity index (χ2v) is 8.26. The van der Waals surface area contributed by atoms with Gasteiger partial charge in [0.1, 0.15) is 11.5 Å². The van der Waals surface area contributed by atoms with Gasteiger partial charge in [-0.3, -0.25) is 14.9 Å². The SMILES string of the molecule is CC(Oc1cc(Oc2ccc(C(Cl)(Cl)Cl)cc2Cl)ccc1[N+](=O)[O-])C(=O)Cl. The summed E-state index contributed by atoms with van der Waals surface area (Å²) in [5.74, 6) is 0.206. The lowest BCUT2D eigenvalue weighted by Crippen LogP contribution is -2.19. The highest BCUT2D eigenvalue weighted by Gasteiger charge is 2.24. The molecule has 2 rings (SSSR count). The van der Waals surface area contributed by atoms with Gasteiger partial charge in [0.25, 0.3) is 5.24 Å². The van der Waals surface area contributed by atoms with Crippen LogP contribution in [0.2, 0.25) is 5.02 Å². The zero-order valence-electron chi connectivity index (χ0n) is 13.4. The highest BCUT2D eigenvalue weighted by Crippen LogP contribution is 2.42. The van der Waals surface area contributed by atoms with Crippen LogP contribution in [0.3, 0.4) is 0 Å². The Morgan fingerprint density at radius 3 is 2.33 bits per heavy atom. The molecular weight excluding hydrogens is 463 g/mol. The lowest BCUT2D eigenvalue weighted by molar-refractivity contribution is -0.386. The molecule has 0 amide bonds. The Morgan fingerprint density at radius 2 is 1.81 bits per heavy atom. The Hall–Kier alpha value is -1.44. The second-order valence-electron chi connectivity index (χ2n) is 5.20. The van der Waals surface area contributed by atoms with E-state index < -0.39 is 20.1 Å². The van der Waals surface area contributed by atoms with Crippen molar-refractivity contribution in [1.29, 1.82) is 0 Å². The minimum atomic E-state index is -1.65. The maximum absolute atomic E-state index is 11.2. The van der Waals surface area contributed by atoms with Crippen LogP contribution in [0, 0.1) is 10.1 Å². The molecule has 0 bridgehead atoms. The monoisotopic (exact) mass is 471 g/mol. The van der Waals surface area contributed by atoms with Gasteiger partial charge in [-0.05, 0) is 36.7 Å². The molecule has 1 atom stereocenters. The van der Waals surface area contributed by atoms with Gasteiger partial charge in [0.05, 0.1) is 9.95 Å². The van der Waals surface area contributed by atoms with Gasteiger partial charge < -0.3 is 9.47 Å². The number of carbonyl (C=O) groups excluding carboxylic acids is 1. The van der Waals surface area contributed by atoms with E-state index in [4.69, 9.17) is 67.5 Å². The number of nitro groups is 1. The molecule has 0 fully saturated rings. The zero-order valence-corrected chi connectivity index (χ0v) is 17.2. The van der Waals surface area contributed by atoms with E-state index in [1.165, 1.54) is 43.3 Å². The van der Waals surface area contributed by atoms with Gasteiger partial charge >= 0.3 is 5.69 Å². The van der Waals surface area contributed by atoms with Crippen LogP contribution in [0.15, 0.2) is 36.4 Å². The highest BCUT2D eigenvalue weighted by atomic mass is 35.6. The lowest BCUT2D eigenvalue weighted by Gasteiger charge is -2.15. The number of benzene rings is 2. The van der Waals surface area contributed by atoms with Crippen molar-refractivity contribution in [2.75, 3.05) is 0 Å². The third-order valence-corrected chi connectivity index (χ3v) is 4.50. The van der Waals surface area contributed by atoms with E-state index in [0.29, 0.717) is 5.56 Å². The maximum atomic E-state index is 11.2. The van der Waals surface area contributed by atoms with Crippen molar-refractivity contribution in [3.8, 4) is 17.2 Å². The third kappa shape index (κ3) is 5.77. The minimum Gasteiger partial charge on any atom is -0.474 e. The molecule has 0 heterocycles. The van der Waals surface area contributed by atoms with E-state index in [-0.39, 0.29) is 28.0 Å². The fourth-order valence-electron chi connectivity index (χ4n) is 1.93. The molecule has 0 saturated heterocycles. The van der Waals surface area contributed by atoms with Crippen LogP contribution in [-0.2, 0) is 8.59 Å². The van der Waals surface area contributed by atoms with Crippen LogP contribution < -0.4 is 9.47 Å². The molecule has 11 heteroatoms. The average molecular weight is 474 g/mol. The average Bonchev–Trinajstić information content (AvgIpc) is 2.55. The van der Waals surface area contributed by atoms with Crippen molar-refractivity contribution in [3.05, 3.63) is 57.1 Å². The summed E-state index contributed by atoms with van der Waals surface area (Å²) >= 11 is 28.9. The Labute approximate surface area is 179 Å². The van der Waals surface area contributed by atoms with Crippen LogP contribution in [0.5, 0.6) is 17.2 Å². The third-order valence-electron chi connectivity index (χ3n) is 3.24. The summed E-state index contributed by atoms with van der Waals surface area (Å²) in [4.78, 5) is 21.6. The van der Waals surface area contributed by atoms with Crippen LogP contribution >= 0.6 is 58.0 Å². The molecule has 0 spiro atoms. The van der Waals surface area contributed by atoms with Crippen molar-refractivity contribution < 1.29 is 19.2 Å². The summed E-state index contributed by atoms with van der Waals surface area (Å²) in [6, 6.07) is 8.16. The molecule has 6 nitrogen and oxygen atoms in total. The Kier molecular flexibility index (Phi) is 7.05. The van der Waals surface area contributed by atoms with E-state index in [9.17, 15) is 14.9 Å². The van der Waals surface area contributed by atoms with E-state index in [1.54, 1.807) is 0 Å². The first-order valence-electron chi connectivity index (χ1n) is 7.18. The Bertz CT molecular complexity index is 884. The summed E-state index contributed by atoms with van der Waals surface area (Å²) in [6.45, 7) is 1.36. The number of carbonyl (C=O) groups is 1. The molecule has 2 aromatic carbocycles. The lowest BCUT2D eigenvalue weighted by atomic mass is 10.2. The largest absolute Gasteiger partial charge is 0.474 e. The predicted molar refractivity (Wildman–Crippen MR) is 105 cm³/mol. The molecule has 0 aliphatic rings. The van der Waals surface area contributed by atoms with Gasteiger partial charge in [0.15, 0.2) is 6.10 Å². The van der Waals surface area contributed by atoms with Crippen LogP contribution in [0.1, 0.15) is 12.5 Å². The first kappa shape index (κ1) is 21.9. The number of nitro benzene ring substituents is 1. The predicted octanol–water partition coefficient (Wildman–Crippen LogP) is 6.40. The van der Waals surface area contributed by atoms with Gasteiger partial charge in [-0.1, -0.05) is 52.5 Å². The zero-order chi connectivity index (χ0) is 20.4. The van der Waals surface area contributed by atoms with Gasteiger partial charge in [-0.15, -0.1) is 0 Å². The summed E-state index contributed by atoms with van der Waals surface area (Å²) < 4.78 is 9.21. The maximum Gasteiger partial charge on any atom is 0.311 e. The number of ether oxygens (including phenoxy) is 2. The van der Waals surface area contributed by atoms with Crippen molar-refractivity contribution in [1.82, 2.24) is 0 Å². The summed E-state index contributed by atoms with van der Waals surface area (Å²) in [5.41, 5.74) is -0.0169. The number of alkyl halides is 3. The van der Waals surface area contributed by atoms with E-state index in [0.717, 1.165) is 0 Å². The molecule has 2 aromatic rings. The Balaban J connectivity index is 2.34. The minimum absolute atomic E-state index is 0.156. The molecule has 0 radical (unpaired) electrons. The molecule has 27 heavy (non-hydrogen) atoms. The van der Waals surface area contributed by atoms with E-state index >= 15 is 0 Å². The highest BCUT2D eigenvalue weighted by molar-refractivity contribution is 6.66. The topological polar surface area (TPSA) is 78.7 Å². The number of rotatable bonds is 6. The van der Waals surface area contributed by atoms with Crippen LogP contribution in [-0.4, -0.2) is 16.3 Å². The number of hydrogen-bond donors (Lipinski definition) is 0. The molecule has 0 aliphatic heterocycles. The molecular formula is C16H10Cl5NO5. The van der Waals surface area contributed by atoms with Crippen LogP contribution in [0.25, 0.3) is 0 Å². The normalized spacial score (nSPS) is 12.4. The quantitative estimate of drug-likeness (QED) is 0.210. The smallest absolute Gasteiger partial charge is 0.311 e. The number of nitrogens with zero attached hydrogens (tertiary/aromatic N) is 1. The van der Waals surface area contributed by atoms with E-state index in [2.05, 4.69) is 0 Å². The van der Waals surface area contributed by atoms with Crippen LogP contribution in [0.4, 0.5) is 5.69 Å². The van der Waals surface area contributed by atoms with Crippen molar-refractivity contribution in [2.24, 2.45) is 0 Å². The first-order valence-corrected chi connectivity index (χ1v) is 9.07. The Morgan fingerprint density at radius 1 is 1.15 bits per heavy atom. The number of halogens is 5. The van der Waals surface area contributed by atoms with Crippen molar-refractivity contribution in [3.63, 3.8) is 0 Å². The molecule has 0 aromatic heterocycles. The fraction of sp³-hybridized carbons (Fsp3) is 0.188. The summed E-state index contributed by atoms with van der Waals surface area (Å²) in [6.07, 6.45) is -1.09. The molecule has 0 aliphatic carbocycles. The summed E-state index contributed by atoms with van der Waals surface area (Å²) in [7, 11) is 0. The van der Waals surface area contributed by atoms with E-state index in [1.807, 2.05) is 0 Å². The molecule has 1 unspecified atom stereocenters. The van der Waals surface area contributed by atoms with Gasteiger partial charge in [0.2, 0.25) is 9.54 Å². The van der Waals surface area contributed by atoms with Crippen molar-refractivity contribution >= 4 is 68.9 Å².